The van der Waals surface area contributed by atoms with Gasteiger partial charge in [0.1, 0.15) is 0 Å². The lowest BCUT2D eigenvalue weighted by Gasteiger charge is -2.08. The van der Waals surface area contributed by atoms with Crippen LogP contribution in [0, 0.1) is 17.5 Å². The molecule has 2 aromatic carbocycles. The third-order valence-electron chi connectivity index (χ3n) is 3.55. The van der Waals surface area contributed by atoms with Crippen LogP contribution in [-0.4, -0.2) is 27.4 Å². The first kappa shape index (κ1) is 19.9. The second-order valence-corrected chi connectivity index (χ2v) is 7.14. The molecule has 0 saturated carbocycles. The van der Waals surface area contributed by atoms with Gasteiger partial charge in [-0.2, -0.15) is 0 Å². The van der Waals surface area contributed by atoms with Crippen LogP contribution in [0.15, 0.2) is 41.3 Å². The minimum atomic E-state index is -3.54. The van der Waals surface area contributed by atoms with E-state index in [1.807, 2.05) is 0 Å². The molecule has 0 atom stereocenters. The fraction of sp³-hybridized carbons (Fsp3) is 0.235. The van der Waals surface area contributed by atoms with Gasteiger partial charge in [0.05, 0.1) is 10.5 Å². The lowest BCUT2D eigenvalue weighted by Crippen LogP contribution is -2.27. The first-order valence-electron chi connectivity index (χ1n) is 7.76. The second-order valence-electron chi connectivity index (χ2n) is 5.37. The molecule has 0 bridgehead atoms. The Morgan fingerprint density at radius 1 is 1.00 bits per heavy atom. The van der Waals surface area contributed by atoms with Gasteiger partial charge in [0.25, 0.3) is 5.91 Å². The molecule has 0 radical (unpaired) electrons. The summed E-state index contributed by atoms with van der Waals surface area (Å²) in [6, 6.07) is 7.59. The Labute approximate surface area is 149 Å². The molecule has 140 valence electrons. The van der Waals surface area contributed by atoms with Gasteiger partial charge in [-0.3, -0.25) is 4.79 Å². The molecule has 0 aromatic heterocycles. The number of hydrogen-bond donors (Lipinski definition) is 2. The maximum atomic E-state index is 13.5. The van der Waals surface area contributed by atoms with E-state index >= 15 is 0 Å². The molecule has 0 heterocycles. The van der Waals surface area contributed by atoms with Crippen molar-refractivity contribution in [1.29, 1.82) is 0 Å². The van der Waals surface area contributed by atoms with Crippen LogP contribution in [0.5, 0.6) is 0 Å². The molecule has 5 nitrogen and oxygen atoms in total. The summed E-state index contributed by atoms with van der Waals surface area (Å²) in [6.07, 6.45) is 0.346. The standard InChI is InChI=1S/C17H17F3N2O3S/c1-2-22-26(24,25)12-5-3-11(4-6-12)9-10-21-17(23)13-7-8-14(18)16(20)15(13)19/h3-8,22H,2,9-10H2,1H3,(H,21,23). The van der Waals surface area contributed by atoms with Crippen LogP contribution in [0.2, 0.25) is 0 Å². The molecular formula is C17H17F3N2O3S. The molecule has 26 heavy (non-hydrogen) atoms. The van der Waals surface area contributed by atoms with Gasteiger partial charge in [-0.15, -0.1) is 0 Å². The van der Waals surface area contributed by atoms with Crippen LogP contribution in [0.3, 0.4) is 0 Å². The highest BCUT2D eigenvalue weighted by molar-refractivity contribution is 7.89. The normalized spacial score (nSPS) is 11.4. The Kier molecular flexibility index (Phi) is 6.38. The number of amides is 1. The minimum absolute atomic E-state index is 0.108. The number of sulfonamides is 1. The quantitative estimate of drug-likeness (QED) is 0.718. The first-order valence-corrected chi connectivity index (χ1v) is 9.25. The predicted octanol–water partition coefficient (Wildman–Crippen LogP) is 2.37. The average molecular weight is 386 g/mol. The molecule has 1 amide bonds. The van der Waals surface area contributed by atoms with Crippen LogP contribution in [0.25, 0.3) is 0 Å². The van der Waals surface area contributed by atoms with E-state index in [4.69, 9.17) is 0 Å². The average Bonchev–Trinajstić information content (AvgIpc) is 2.60. The lowest BCUT2D eigenvalue weighted by molar-refractivity contribution is 0.0949. The molecule has 0 fully saturated rings. The van der Waals surface area contributed by atoms with E-state index in [-0.39, 0.29) is 18.0 Å². The molecule has 0 aliphatic carbocycles. The number of hydrogen-bond acceptors (Lipinski definition) is 3. The fourth-order valence-corrected chi connectivity index (χ4v) is 3.27. The van der Waals surface area contributed by atoms with Gasteiger partial charge < -0.3 is 5.32 Å². The number of nitrogens with one attached hydrogen (secondary N) is 2. The molecular weight excluding hydrogens is 369 g/mol. The number of benzene rings is 2. The van der Waals surface area contributed by atoms with Crippen LogP contribution < -0.4 is 10.0 Å². The Morgan fingerprint density at radius 3 is 2.27 bits per heavy atom. The summed E-state index contributed by atoms with van der Waals surface area (Å²) < 4.78 is 65.6. The number of rotatable bonds is 7. The van der Waals surface area contributed by atoms with Crippen molar-refractivity contribution in [2.24, 2.45) is 0 Å². The SMILES string of the molecule is CCNS(=O)(=O)c1ccc(CCNC(=O)c2ccc(F)c(F)c2F)cc1. The smallest absolute Gasteiger partial charge is 0.254 e. The maximum absolute atomic E-state index is 13.5. The van der Waals surface area contributed by atoms with Crippen molar-refractivity contribution in [3.8, 4) is 0 Å². The van der Waals surface area contributed by atoms with Crippen molar-refractivity contribution in [3.63, 3.8) is 0 Å². The molecule has 2 rings (SSSR count). The van der Waals surface area contributed by atoms with E-state index in [0.29, 0.717) is 12.5 Å². The third-order valence-corrected chi connectivity index (χ3v) is 5.11. The number of carbonyl (C=O) groups excluding carboxylic acids is 1. The summed E-state index contributed by atoms with van der Waals surface area (Å²) >= 11 is 0. The molecule has 9 heteroatoms. The van der Waals surface area contributed by atoms with Crippen molar-refractivity contribution in [1.82, 2.24) is 10.0 Å². The summed E-state index contributed by atoms with van der Waals surface area (Å²) in [6.45, 7) is 2.05. The molecule has 0 saturated heterocycles. The highest BCUT2D eigenvalue weighted by atomic mass is 32.2. The number of halogens is 3. The molecule has 0 spiro atoms. The summed E-state index contributed by atoms with van der Waals surface area (Å²) in [5.74, 6) is -5.48. The van der Waals surface area contributed by atoms with Gasteiger partial charge in [-0.05, 0) is 36.2 Å². The van der Waals surface area contributed by atoms with E-state index < -0.39 is 38.9 Å². The zero-order chi connectivity index (χ0) is 19.3. The van der Waals surface area contributed by atoms with Crippen molar-refractivity contribution in [2.45, 2.75) is 18.2 Å². The molecule has 0 aliphatic heterocycles. The Hall–Kier alpha value is -2.39. The van der Waals surface area contributed by atoms with E-state index in [0.717, 1.165) is 11.6 Å². The van der Waals surface area contributed by atoms with E-state index in [2.05, 4.69) is 10.0 Å². The van der Waals surface area contributed by atoms with Crippen LogP contribution in [0.1, 0.15) is 22.8 Å². The largest absolute Gasteiger partial charge is 0.352 e. The van der Waals surface area contributed by atoms with Crippen molar-refractivity contribution in [3.05, 3.63) is 65.0 Å². The first-order chi connectivity index (χ1) is 12.3. The van der Waals surface area contributed by atoms with Crippen LogP contribution in [0.4, 0.5) is 13.2 Å². The summed E-state index contributed by atoms with van der Waals surface area (Å²) in [5, 5.41) is 2.40. The fourth-order valence-electron chi connectivity index (χ4n) is 2.23. The molecule has 0 unspecified atom stereocenters. The van der Waals surface area contributed by atoms with Gasteiger partial charge in [-0.25, -0.2) is 26.3 Å². The molecule has 2 aromatic rings. The van der Waals surface area contributed by atoms with Crippen molar-refractivity contribution < 1.29 is 26.4 Å². The van der Waals surface area contributed by atoms with E-state index in [1.165, 1.54) is 12.1 Å². The van der Waals surface area contributed by atoms with Gasteiger partial charge in [-0.1, -0.05) is 19.1 Å². The highest BCUT2D eigenvalue weighted by Crippen LogP contribution is 2.15. The van der Waals surface area contributed by atoms with Crippen molar-refractivity contribution in [2.75, 3.05) is 13.1 Å². The Balaban J connectivity index is 1.96. The molecule has 0 aliphatic rings. The second kappa shape index (κ2) is 8.33. The Morgan fingerprint density at radius 2 is 1.65 bits per heavy atom. The van der Waals surface area contributed by atoms with Gasteiger partial charge in [0.2, 0.25) is 10.0 Å². The number of carbonyl (C=O) groups is 1. The summed E-state index contributed by atoms with van der Waals surface area (Å²) in [5.41, 5.74) is 0.155. The summed E-state index contributed by atoms with van der Waals surface area (Å²) in [4.78, 5) is 12.0. The van der Waals surface area contributed by atoms with E-state index in [1.54, 1.807) is 19.1 Å². The topological polar surface area (TPSA) is 75.3 Å². The maximum Gasteiger partial charge on any atom is 0.254 e. The van der Waals surface area contributed by atoms with Gasteiger partial charge >= 0.3 is 0 Å². The molecule has 2 N–H and O–H groups in total. The minimum Gasteiger partial charge on any atom is -0.352 e. The van der Waals surface area contributed by atoms with Crippen LogP contribution in [-0.2, 0) is 16.4 Å². The predicted molar refractivity (Wildman–Crippen MR) is 89.7 cm³/mol. The zero-order valence-corrected chi connectivity index (χ0v) is 14.7. The van der Waals surface area contributed by atoms with Crippen molar-refractivity contribution >= 4 is 15.9 Å². The lowest BCUT2D eigenvalue weighted by atomic mass is 10.1. The zero-order valence-electron chi connectivity index (χ0n) is 13.9. The van der Waals surface area contributed by atoms with E-state index in [9.17, 15) is 26.4 Å². The third kappa shape index (κ3) is 4.61. The monoisotopic (exact) mass is 386 g/mol. The van der Waals surface area contributed by atoms with Gasteiger partial charge in [0, 0.05) is 13.1 Å². The van der Waals surface area contributed by atoms with Crippen LogP contribution >= 0.6 is 0 Å². The van der Waals surface area contributed by atoms with Gasteiger partial charge in [0.15, 0.2) is 17.5 Å². The summed E-state index contributed by atoms with van der Waals surface area (Å²) in [7, 11) is -3.54. The Bertz CT molecular complexity index is 900. The highest BCUT2D eigenvalue weighted by Gasteiger charge is 2.18.